The van der Waals surface area contributed by atoms with Gasteiger partial charge in [-0.1, -0.05) is 33.6 Å². The number of esters is 1. The summed E-state index contributed by atoms with van der Waals surface area (Å²) in [4.78, 5) is 12.1. The van der Waals surface area contributed by atoms with Gasteiger partial charge >= 0.3 is 13.6 Å². The summed E-state index contributed by atoms with van der Waals surface area (Å²) in [6, 6.07) is 6.89. The van der Waals surface area contributed by atoms with E-state index in [1.165, 1.54) is 6.66 Å². The van der Waals surface area contributed by atoms with Gasteiger partial charge in [0.25, 0.3) is 0 Å². The summed E-state index contributed by atoms with van der Waals surface area (Å²) in [5.41, 5.74) is 0.450. The zero-order chi connectivity index (χ0) is 20.7. The number of carbonyl (C=O) groups is 1. The van der Waals surface area contributed by atoms with Gasteiger partial charge in [-0.05, 0) is 38.0 Å². The summed E-state index contributed by atoms with van der Waals surface area (Å²) in [6.07, 6.45) is 6.59. The molecule has 6 nitrogen and oxygen atoms in total. The van der Waals surface area contributed by atoms with Gasteiger partial charge in [0.05, 0.1) is 31.1 Å². The van der Waals surface area contributed by atoms with E-state index < -0.39 is 7.60 Å². The smallest absolute Gasteiger partial charge is 0.338 e. The molecule has 0 aliphatic heterocycles. The number of rotatable bonds is 15. The van der Waals surface area contributed by atoms with Crippen molar-refractivity contribution in [2.24, 2.45) is 0 Å². The summed E-state index contributed by atoms with van der Waals surface area (Å²) in [7, 11) is 0.197. The molecule has 0 saturated carbocycles. The summed E-state index contributed by atoms with van der Waals surface area (Å²) >= 11 is 0. The number of ether oxygens (including phenoxy) is 2. The Morgan fingerprint density at radius 1 is 1.18 bits per heavy atom. The Bertz CT molecular complexity index is 677. The lowest BCUT2D eigenvalue weighted by Gasteiger charge is -2.13. The lowest BCUT2D eigenvalue weighted by Crippen LogP contribution is -2.08. The van der Waals surface area contributed by atoms with Crippen LogP contribution in [0.1, 0.15) is 30.1 Å². The van der Waals surface area contributed by atoms with Gasteiger partial charge in [0.1, 0.15) is 12.4 Å². The quantitative estimate of drug-likeness (QED) is 0.124. The van der Waals surface area contributed by atoms with E-state index in [0.29, 0.717) is 55.7 Å². The van der Waals surface area contributed by atoms with Crippen LogP contribution in [0.25, 0.3) is 0 Å². The molecule has 0 saturated heterocycles. The summed E-state index contributed by atoms with van der Waals surface area (Å²) in [5, 5.41) is 0. The summed E-state index contributed by atoms with van der Waals surface area (Å²) in [6.45, 7) is 4.74. The van der Waals surface area contributed by atoms with Gasteiger partial charge in [0.15, 0.2) is 0 Å². The van der Waals surface area contributed by atoms with Crippen LogP contribution in [0.3, 0.4) is 0 Å². The third-order valence-corrected chi connectivity index (χ3v) is 6.71. The molecule has 0 N–H and O–H groups in total. The maximum atomic E-state index is 12.1. The maximum absolute atomic E-state index is 12.1. The van der Waals surface area contributed by atoms with Crippen LogP contribution in [-0.4, -0.2) is 50.6 Å². The van der Waals surface area contributed by atoms with Crippen LogP contribution in [0.2, 0.25) is 0 Å². The van der Waals surface area contributed by atoms with Crippen LogP contribution in [0.15, 0.2) is 24.3 Å². The first-order chi connectivity index (χ1) is 13.5. The van der Waals surface area contributed by atoms with Crippen LogP contribution >= 0.6 is 29.2 Å². The Morgan fingerprint density at radius 3 is 2.71 bits per heavy atom. The molecule has 0 aliphatic rings. The monoisotopic (exact) mass is 446 g/mol. The fourth-order valence-electron chi connectivity index (χ4n) is 2.00. The van der Waals surface area contributed by atoms with Gasteiger partial charge in [0.2, 0.25) is 0 Å². The fraction of sp³-hybridized carbons (Fsp3) is 0.526. The third-order valence-electron chi connectivity index (χ3n) is 3.19. The average Bonchev–Trinajstić information content (AvgIpc) is 2.67. The average molecular weight is 447 g/mol. The molecule has 0 bridgehead atoms. The fourth-order valence-corrected chi connectivity index (χ4v) is 4.43. The normalized spacial score (nSPS) is 12.8. The standard InChI is InChI=1S/C19H27O6PS2/c1-4-14-27-28-15-13-23-19(20)17-9-8-10-18(16-17)22-11-6-7-12-25-26(3,21)24-5-2/h1,8-10,16H,5-7,11-15H2,2-3H3. The zero-order valence-corrected chi connectivity index (χ0v) is 18.8. The minimum atomic E-state index is -2.94. The van der Waals surface area contributed by atoms with Crippen LogP contribution in [-0.2, 0) is 18.3 Å². The van der Waals surface area contributed by atoms with Gasteiger partial charge in [-0.2, -0.15) is 0 Å². The lowest BCUT2D eigenvalue weighted by molar-refractivity contribution is 0.0530. The van der Waals surface area contributed by atoms with Crippen molar-refractivity contribution in [1.82, 2.24) is 0 Å². The van der Waals surface area contributed by atoms with E-state index >= 15 is 0 Å². The highest BCUT2D eigenvalue weighted by atomic mass is 33.1. The summed E-state index contributed by atoms with van der Waals surface area (Å²) < 4.78 is 33.0. The molecule has 1 rings (SSSR count). The van der Waals surface area contributed by atoms with Crippen LogP contribution < -0.4 is 4.74 Å². The SMILES string of the molecule is C#CCSSCCOC(=O)c1cccc(OCCCCOP(C)(=O)OCC)c1. The molecule has 0 heterocycles. The molecule has 1 atom stereocenters. The number of hydrogen-bond acceptors (Lipinski definition) is 8. The molecule has 0 spiro atoms. The molecule has 0 aliphatic carbocycles. The number of unbranched alkanes of at least 4 members (excludes halogenated alkanes) is 1. The Labute approximate surface area is 175 Å². The molecule has 156 valence electrons. The second-order valence-corrected chi connectivity index (χ2v) is 10.2. The van der Waals surface area contributed by atoms with E-state index in [2.05, 4.69) is 5.92 Å². The number of terminal acetylenes is 1. The van der Waals surface area contributed by atoms with E-state index in [0.717, 1.165) is 6.42 Å². The van der Waals surface area contributed by atoms with Crippen molar-refractivity contribution in [3.8, 4) is 18.1 Å². The van der Waals surface area contributed by atoms with Crippen molar-refractivity contribution >= 4 is 35.2 Å². The van der Waals surface area contributed by atoms with E-state index in [-0.39, 0.29) is 5.97 Å². The van der Waals surface area contributed by atoms with Crippen molar-refractivity contribution in [2.75, 3.05) is 44.6 Å². The maximum Gasteiger partial charge on any atom is 0.338 e. The second-order valence-electron chi connectivity index (χ2n) is 5.53. The Kier molecular flexibility index (Phi) is 13.2. The van der Waals surface area contributed by atoms with Gasteiger partial charge in [-0.25, -0.2) is 4.79 Å². The Balaban J connectivity index is 2.25. The molecule has 1 aromatic rings. The highest BCUT2D eigenvalue weighted by Crippen LogP contribution is 2.43. The van der Waals surface area contributed by atoms with Crippen molar-refractivity contribution in [1.29, 1.82) is 0 Å². The molecule has 28 heavy (non-hydrogen) atoms. The molecule has 0 aromatic heterocycles. The van der Waals surface area contributed by atoms with Crippen LogP contribution in [0.5, 0.6) is 5.75 Å². The number of benzene rings is 1. The number of hydrogen-bond donors (Lipinski definition) is 0. The lowest BCUT2D eigenvalue weighted by atomic mass is 10.2. The van der Waals surface area contributed by atoms with Gasteiger partial charge in [-0.3, -0.25) is 4.57 Å². The predicted octanol–water partition coefficient (Wildman–Crippen LogP) is 4.89. The van der Waals surface area contributed by atoms with Crippen molar-refractivity contribution in [3.63, 3.8) is 0 Å². The molecule has 0 amide bonds. The molecule has 0 radical (unpaired) electrons. The Morgan fingerprint density at radius 2 is 1.96 bits per heavy atom. The highest BCUT2D eigenvalue weighted by Gasteiger charge is 2.14. The minimum Gasteiger partial charge on any atom is -0.494 e. The number of carbonyl (C=O) groups excluding carboxylic acids is 1. The third kappa shape index (κ3) is 11.7. The second kappa shape index (κ2) is 14.8. The molecule has 1 aromatic carbocycles. The van der Waals surface area contributed by atoms with E-state index in [1.54, 1.807) is 52.8 Å². The van der Waals surface area contributed by atoms with Gasteiger partial charge in [0, 0.05) is 12.4 Å². The largest absolute Gasteiger partial charge is 0.494 e. The highest BCUT2D eigenvalue weighted by molar-refractivity contribution is 8.76. The minimum absolute atomic E-state index is 0.329. The molecular weight excluding hydrogens is 419 g/mol. The van der Waals surface area contributed by atoms with E-state index in [1.807, 2.05) is 0 Å². The van der Waals surface area contributed by atoms with Crippen LogP contribution in [0, 0.1) is 12.3 Å². The first kappa shape index (κ1) is 24.9. The van der Waals surface area contributed by atoms with E-state index in [4.69, 9.17) is 24.9 Å². The van der Waals surface area contributed by atoms with Crippen molar-refractivity contribution in [2.45, 2.75) is 19.8 Å². The van der Waals surface area contributed by atoms with Gasteiger partial charge < -0.3 is 18.5 Å². The van der Waals surface area contributed by atoms with Gasteiger partial charge in [-0.15, -0.1) is 6.42 Å². The first-order valence-corrected chi connectivity index (χ1v) is 13.4. The molecular formula is C19H27O6PS2. The molecule has 1 unspecified atom stereocenters. The van der Waals surface area contributed by atoms with Crippen LogP contribution in [0.4, 0.5) is 0 Å². The predicted molar refractivity (Wildman–Crippen MR) is 116 cm³/mol. The summed E-state index contributed by atoms with van der Waals surface area (Å²) in [5.74, 6) is 4.08. The van der Waals surface area contributed by atoms with Crippen molar-refractivity contribution in [3.05, 3.63) is 29.8 Å². The molecule has 0 fully saturated rings. The van der Waals surface area contributed by atoms with Crippen molar-refractivity contribution < 1.29 is 27.9 Å². The van der Waals surface area contributed by atoms with E-state index in [9.17, 15) is 9.36 Å². The molecule has 9 heteroatoms. The Hall–Kier alpha value is -1.10. The first-order valence-electron chi connectivity index (χ1n) is 8.93. The zero-order valence-electron chi connectivity index (χ0n) is 16.3. The topological polar surface area (TPSA) is 71.1 Å².